The SMILES string of the molecule is CC(C)(C)OC(=O)CN1CCN(Cc2cccc(Nc3cc(-c4cnc(NC(CC#N)CC5CC5)nc4)ccn3)c2)CC1. The molecule has 1 atom stereocenters. The van der Waals surface area contributed by atoms with Crippen LogP contribution >= 0.6 is 0 Å². The Kier molecular flexibility index (Phi) is 9.85. The van der Waals surface area contributed by atoms with Gasteiger partial charge in [-0.25, -0.2) is 15.0 Å². The molecule has 10 nitrogen and oxygen atoms in total. The van der Waals surface area contributed by atoms with E-state index in [-0.39, 0.29) is 12.0 Å². The average molecular weight is 583 g/mol. The number of hydrogen-bond acceptors (Lipinski definition) is 10. The summed E-state index contributed by atoms with van der Waals surface area (Å²) in [7, 11) is 0. The zero-order valence-electron chi connectivity index (χ0n) is 25.4. The van der Waals surface area contributed by atoms with Crippen molar-refractivity contribution in [1.82, 2.24) is 24.8 Å². The summed E-state index contributed by atoms with van der Waals surface area (Å²) in [6.45, 7) is 10.4. The van der Waals surface area contributed by atoms with Gasteiger partial charge in [-0.3, -0.25) is 14.6 Å². The van der Waals surface area contributed by atoms with Gasteiger partial charge in [0.2, 0.25) is 5.95 Å². The molecular weight excluding hydrogens is 540 g/mol. The van der Waals surface area contributed by atoms with Crippen molar-refractivity contribution >= 4 is 23.4 Å². The normalized spacial score (nSPS) is 16.7. The third-order valence-corrected chi connectivity index (χ3v) is 7.57. The number of pyridine rings is 1. The maximum Gasteiger partial charge on any atom is 0.320 e. The van der Waals surface area contributed by atoms with Crippen LogP contribution in [0.5, 0.6) is 0 Å². The molecule has 10 heteroatoms. The van der Waals surface area contributed by atoms with E-state index in [1.807, 2.05) is 51.4 Å². The molecule has 1 aromatic carbocycles. The van der Waals surface area contributed by atoms with Crippen molar-refractivity contribution in [2.75, 3.05) is 43.4 Å². The molecule has 2 fully saturated rings. The Morgan fingerprint density at radius 3 is 2.49 bits per heavy atom. The molecule has 2 aliphatic rings. The van der Waals surface area contributed by atoms with E-state index in [2.05, 4.69) is 59.7 Å². The summed E-state index contributed by atoms with van der Waals surface area (Å²) in [6.07, 6.45) is 9.35. The first-order valence-corrected chi connectivity index (χ1v) is 15.2. The number of ether oxygens (including phenoxy) is 1. The van der Waals surface area contributed by atoms with E-state index in [9.17, 15) is 4.79 Å². The summed E-state index contributed by atoms with van der Waals surface area (Å²) in [5.41, 5.74) is 3.60. The first-order chi connectivity index (χ1) is 20.7. The van der Waals surface area contributed by atoms with Crippen molar-refractivity contribution in [3.8, 4) is 17.2 Å². The highest BCUT2D eigenvalue weighted by atomic mass is 16.6. The maximum atomic E-state index is 12.2. The Labute approximate surface area is 254 Å². The molecule has 3 heterocycles. The van der Waals surface area contributed by atoms with E-state index in [1.54, 1.807) is 6.20 Å². The van der Waals surface area contributed by atoms with Gasteiger partial charge in [-0.1, -0.05) is 25.0 Å². The van der Waals surface area contributed by atoms with E-state index < -0.39 is 5.60 Å². The second-order valence-corrected chi connectivity index (χ2v) is 12.6. The lowest BCUT2D eigenvalue weighted by Gasteiger charge is -2.34. The molecule has 43 heavy (non-hydrogen) atoms. The molecule has 0 bridgehead atoms. The number of esters is 1. The van der Waals surface area contributed by atoms with Gasteiger partial charge in [-0.05, 0) is 68.5 Å². The van der Waals surface area contributed by atoms with E-state index in [1.165, 1.54) is 18.4 Å². The highest BCUT2D eigenvalue weighted by Crippen LogP contribution is 2.34. The van der Waals surface area contributed by atoms with Crippen molar-refractivity contribution in [3.63, 3.8) is 0 Å². The fourth-order valence-corrected chi connectivity index (χ4v) is 5.29. The average Bonchev–Trinajstić information content (AvgIpc) is 3.78. The summed E-state index contributed by atoms with van der Waals surface area (Å²) in [5, 5.41) is 15.9. The highest BCUT2D eigenvalue weighted by Gasteiger charge is 2.26. The Bertz CT molecular complexity index is 1400. The minimum absolute atomic E-state index is 0.0876. The fourth-order valence-electron chi connectivity index (χ4n) is 5.29. The highest BCUT2D eigenvalue weighted by molar-refractivity contribution is 5.72. The van der Waals surface area contributed by atoms with E-state index in [0.717, 1.165) is 67.7 Å². The third kappa shape index (κ3) is 9.73. The zero-order valence-corrected chi connectivity index (χ0v) is 25.4. The molecule has 3 aromatic rings. The van der Waals surface area contributed by atoms with Gasteiger partial charge in [0.25, 0.3) is 0 Å². The maximum absolute atomic E-state index is 12.2. The van der Waals surface area contributed by atoms with Gasteiger partial charge in [-0.15, -0.1) is 0 Å². The van der Waals surface area contributed by atoms with Gasteiger partial charge in [0.15, 0.2) is 0 Å². The number of carbonyl (C=O) groups is 1. The van der Waals surface area contributed by atoms with Crippen LogP contribution in [0.3, 0.4) is 0 Å². The minimum atomic E-state index is -0.454. The Morgan fingerprint density at radius 1 is 1.05 bits per heavy atom. The molecule has 1 unspecified atom stereocenters. The summed E-state index contributed by atoms with van der Waals surface area (Å²) in [4.78, 5) is 30.3. The number of nitriles is 1. The first kappa shape index (κ1) is 30.4. The fraction of sp³-hybridized carbons (Fsp3) is 0.485. The Hall–Kier alpha value is -4.07. The van der Waals surface area contributed by atoms with Crippen LogP contribution in [-0.4, -0.2) is 75.1 Å². The van der Waals surface area contributed by atoms with Crippen LogP contribution in [0.25, 0.3) is 11.1 Å². The lowest BCUT2D eigenvalue weighted by molar-refractivity contribution is -0.156. The first-order valence-electron chi connectivity index (χ1n) is 15.2. The number of anilines is 3. The number of benzene rings is 1. The quantitative estimate of drug-likeness (QED) is 0.275. The molecule has 1 aliphatic carbocycles. The van der Waals surface area contributed by atoms with Crippen LogP contribution in [0, 0.1) is 17.2 Å². The molecule has 1 saturated carbocycles. The molecule has 0 radical (unpaired) electrons. The van der Waals surface area contributed by atoms with Gasteiger partial charge in [-0.2, -0.15) is 5.26 Å². The monoisotopic (exact) mass is 582 g/mol. The van der Waals surface area contributed by atoms with E-state index in [4.69, 9.17) is 10.00 Å². The van der Waals surface area contributed by atoms with Gasteiger partial charge in [0, 0.05) is 68.6 Å². The van der Waals surface area contributed by atoms with Gasteiger partial charge >= 0.3 is 5.97 Å². The number of hydrogen-bond donors (Lipinski definition) is 2. The molecule has 226 valence electrons. The number of rotatable bonds is 12. The van der Waals surface area contributed by atoms with Crippen LogP contribution in [0.2, 0.25) is 0 Å². The molecule has 2 aromatic heterocycles. The van der Waals surface area contributed by atoms with Crippen LogP contribution in [-0.2, 0) is 16.1 Å². The summed E-state index contributed by atoms with van der Waals surface area (Å²) in [6, 6.07) is 14.7. The number of carbonyl (C=O) groups excluding carboxylic acids is 1. The molecule has 5 rings (SSSR count). The largest absolute Gasteiger partial charge is 0.459 e. The van der Waals surface area contributed by atoms with Crippen molar-refractivity contribution in [3.05, 3.63) is 60.6 Å². The summed E-state index contributed by atoms with van der Waals surface area (Å²) >= 11 is 0. The minimum Gasteiger partial charge on any atom is -0.459 e. The number of nitrogens with one attached hydrogen (secondary N) is 2. The van der Waals surface area contributed by atoms with Crippen LogP contribution in [0.15, 0.2) is 55.0 Å². The predicted octanol–water partition coefficient (Wildman–Crippen LogP) is 5.24. The van der Waals surface area contributed by atoms with Crippen molar-refractivity contribution in [2.45, 2.75) is 64.6 Å². The molecule has 2 N–H and O–H groups in total. The molecule has 0 amide bonds. The molecule has 1 aliphatic heterocycles. The molecular formula is C33H42N8O2. The van der Waals surface area contributed by atoms with Crippen LogP contribution < -0.4 is 10.6 Å². The van der Waals surface area contributed by atoms with Crippen LogP contribution in [0.1, 0.15) is 52.0 Å². The van der Waals surface area contributed by atoms with Crippen molar-refractivity contribution < 1.29 is 9.53 Å². The number of aromatic nitrogens is 3. The Morgan fingerprint density at radius 2 is 1.79 bits per heavy atom. The van der Waals surface area contributed by atoms with Crippen LogP contribution in [0.4, 0.5) is 17.5 Å². The van der Waals surface area contributed by atoms with E-state index in [0.29, 0.717) is 18.9 Å². The van der Waals surface area contributed by atoms with Gasteiger partial charge in [0.1, 0.15) is 11.4 Å². The molecule has 0 spiro atoms. The standard InChI is InChI=1S/C33H42N8O2/c1-33(2,3)43-31(42)23-41-15-13-40(14-16-41)22-25-5-4-6-28(18-25)38-30-19-26(10-12-35-30)27-20-36-32(37-21-27)39-29(9-11-34)17-24-7-8-24/h4-6,10,12,18-21,24,29H,7-9,13-17,22-23H2,1-3H3,(H,35,38)(H,36,37,39). The van der Waals surface area contributed by atoms with E-state index >= 15 is 0 Å². The lowest BCUT2D eigenvalue weighted by atomic mass is 10.1. The number of nitrogens with zero attached hydrogens (tertiary/aromatic N) is 6. The Balaban J connectivity index is 1.13. The zero-order chi connectivity index (χ0) is 30.2. The van der Waals surface area contributed by atoms with Crippen molar-refractivity contribution in [2.24, 2.45) is 5.92 Å². The predicted molar refractivity (Wildman–Crippen MR) is 168 cm³/mol. The summed E-state index contributed by atoms with van der Waals surface area (Å²) < 4.78 is 5.47. The van der Waals surface area contributed by atoms with Crippen molar-refractivity contribution in [1.29, 1.82) is 5.26 Å². The van der Waals surface area contributed by atoms with Gasteiger partial charge in [0.05, 0.1) is 19.0 Å². The van der Waals surface area contributed by atoms with Gasteiger partial charge < -0.3 is 15.4 Å². The summed E-state index contributed by atoms with van der Waals surface area (Å²) in [5.74, 6) is 1.86. The molecule has 1 saturated heterocycles. The topological polar surface area (TPSA) is 119 Å². The number of piperazine rings is 1. The third-order valence-electron chi connectivity index (χ3n) is 7.57. The second-order valence-electron chi connectivity index (χ2n) is 12.6. The lowest BCUT2D eigenvalue weighted by Crippen LogP contribution is -2.48. The smallest absolute Gasteiger partial charge is 0.320 e. The second kappa shape index (κ2) is 13.9.